The molecular formula is C20H32Mo2N4O12. The molecule has 0 amide bonds. The van der Waals surface area contributed by atoms with Crippen LogP contribution in [-0.4, -0.2) is 23.3 Å². The van der Waals surface area contributed by atoms with Crippen LogP contribution in [0.4, 0.5) is 0 Å². The van der Waals surface area contributed by atoms with Gasteiger partial charge in [0.15, 0.2) is 0 Å². The summed E-state index contributed by atoms with van der Waals surface area (Å²) in [6, 6.07) is 0. The summed E-state index contributed by atoms with van der Waals surface area (Å²) in [5.74, 6) is 2.10. The third-order valence-corrected chi connectivity index (χ3v) is 4.17. The molecule has 0 saturated heterocycles. The second-order valence-corrected chi connectivity index (χ2v) is 6.03. The quantitative estimate of drug-likeness (QED) is 0.140. The Balaban J connectivity index is -0.0000000307. The van der Waals surface area contributed by atoms with Crippen molar-refractivity contribution in [1.29, 1.82) is 0 Å². The van der Waals surface area contributed by atoms with Crippen LogP contribution in [0.15, 0.2) is 0 Å². The Morgan fingerprint density at radius 3 is 0.763 bits per heavy atom. The van der Waals surface area contributed by atoms with Gasteiger partial charge in [-0.1, -0.05) is 51.4 Å². The average molecular weight is 712 g/mol. The van der Waals surface area contributed by atoms with E-state index in [1.807, 2.05) is 0 Å². The normalized spacial score (nSPS) is 10.9. The SMILES string of the molecule is O=[N+]([O-])[O-].O=[N+]([O-])[O-].[C-]#[O+].[C-]#[O+].[C-]#[O+].[C-]#[O+].[C-]#[O+].[C-]#[O+].[Mo].[Mo].[NH3+]CCC1CCCC1.[NH3+]CCC1CCCC1. The molecule has 18 heteroatoms. The molecule has 0 unspecified atom stereocenters. The van der Waals surface area contributed by atoms with Gasteiger partial charge >= 0.3 is 67.8 Å². The fraction of sp³-hybridized carbons (Fsp3) is 0.700. The fourth-order valence-corrected chi connectivity index (χ4v) is 3.18. The van der Waals surface area contributed by atoms with Gasteiger partial charge in [-0.25, -0.2) is 0 Å². The Bertz CT molecular complexity index is 463. The predicted octanol–water partition coefficient (Wildman–Crippen LogP) is 0.909. The molecule has 0 heterocycles. The molecule has 0 aromatic carbocycles. The van der Waals surface area contributed by atoms with Crippen LogP contribution in [0.1, 0.15) is 64.2 Å². The Morgan fingerprint density at radius 1 is 0.526 bits per heavy atom. The van der Waals surface area contributed by atoms with Gasteiger partial charge in [0.1, 0.15) is 0 Å². The number of hydrogen-bond donors (Lipinski definition) is 2. The van der Waals surface area contributed by atoms with E-state index in [0.29, 0.717) is 0 Å². The summed E-state index contributed by atoms with van der Waals surface area (Å²) in [7, 11) is 0. The predicted molar refractivity (Wildman–Crippen MR) is 113 cm³/mol. The molecular weight excluding hydrogens is 680 g/mol. The standard InChI is InChI=1S/2C7H15N.6CO.2Mo.2NO3/c2*8-6-5-7-3-1-2-4-7;6*1-2;;;2*2-1(3)4/h2*7H,1-6,8H2;;;;;;;;;;/q;;;;;;;;;;2*-1/p+2. The van der Waals surface area contributed by atoms with E-state index in [9.17, 15) is 0 Å². The molecule has 2 aliphatic carbocycles. The van der Waals surface area contributed by atoms with Crippen molar-refractivity contribution in [2.24, 2.45) is 11.8 Å². The first kappa shape index (κ1) is 65.3. The van der Waals surface area contributed by atoms with E-state index in [1.165, 1.54) is 64.2 Å². The van der Waals surface area contributed by atoms with Crippen LogP contribution < -0.4 is 11.5 Å². The smallest absolute Gasteiger partial charge is 0.0742 e. The number of quaternary nitrogens is 2. The molecule has 0 aromatic heterocycles. The summed E-state index contributed by atoms with van der Waals surface area (Å²) in [6.07, 6.45) is 14.6. The summed E-state index contributed by atoms with van der Waals surface area (Å²) in [5.41, 5.74) is 7.70. The Hall–Kier alpha value is -1.86. The summed E-state index contributed by atoms with van der Waals surface area (Å²) < 4.78 is 45.0. The van der Waals surface area contributed by atoms with Gasteiger partial charge in [0.2, 0.25) is 0 Å². The zero-order valence-electron chi connectivity index (χ0n) is 20.7. The van der Waals surface area contributed by atoms with Crippen LogP contribution in [0, 0.1) is 82.4 Å². The van der Waals surface area contributed by atoms with E-state index < -0.39 is 10.2 Å². The third-order valence-electron chi connectivity index (χ3n) is 4.17. The summed E-state index contributed by atoms with van der Waals surface area (Å²) in [6.45, 7) is 29.3. The van der Waals surface area contributed by atoms with E-state index in [2.05, 4.69) is 51.4 Å². The molecule has 0 atom stereocenters. The monoisotopic (exact) mass is 716 g/mol. The molecule has 216 valence electrons. The van der Waals surface area contributed by atoms with Crippen molar-refractivity contribution in [3.05, 3.63) is 70.5 Å². The van der Waals surface area contributed by atoms with E-state index in [4.69, 9.17) is 58.6 Å². The van der Waals surface area contributed by atoms with E-state index in [1.54, 1.807) is 0 Å². The molecule has 6 N–H and O–H groups in total. The van der Waals surface area contributed by atoms with Crippen molar-refractivity contribution < 1.29 is 91.7 Å². The van der Waals surface area contributed by atoms with Crippen LogP contribution in [0.25, 0.3) is 0 Å². The molecule has 2 rings (SSSR count). The minimum Gasteiger partial charge on any atom is -0.358 e. The maximum atomic E-state index is 8.25. The van der Waals surface area contributed by atoms with E-state index >= 15 is 0 Å². The summed E-state index contributed by atoms with van der Waals surface area (Å²) in [4.78, 5) is 16.5. The molecule has 2 fully saturated rings. The second-order valence-electron chi connectivity index (χ2n) is 6.03. The average Bonchev–Trinajstić information content (AvgIpc) is 3.62. The molecule has 0 radical (unpaired) electrons. The topological polar surface area (TPSA) is 307 Å². The summed E-state index contributed by atoms with van der Waals surface area (Å²) >= 11 is 0. The van der Waals surface area contributed by atoms with Crippen LogP contribution in [0.5, 0.6) is 0 Å². The van der Waals surface area contributed by atoms with Crippen LogP contribution in [0.2, 0.25) is 0 Å². The molecule has 0 bridgehead atoms. The van der Waals surface area contributed by atoms with Crippen LogP contribution >= 0.6 is 0 Å². The van der Waals surface area contributed by atoms with Gasteiger partial charge in [-0.3, -0.25) is 0 Å². The van der Waals surface area contributed by atoms with Crippen LogP contribution in [-0.2, 0) is 70.0 Å². The largest absolute Gasteiger partial charge is 0.358 e. The van der Waals surface area contributed by atoms with Crippen molar-refractivity contribution in [3.8, 4) is 0 Å². The molecule has 16 nitrogen and oxygen atoms in total. The molecule has 38 heavy (non-hydrogen) atoms. The van der Waals surface area contributed by atoms with Crippen molar-refractivity contribution >= 4 is 0 Å². The maximum absolute atomic E-state index is 8.25. The molecule has 0 spiro atoms. The Morgan fingerprint density at radius 2 is 0.658 bits per heavy atom. The van der Waals surface area contributed by atoms with Gasteiger partial charge in [-0.05, 0) is 24.7 Å². The Labute approximate surface area is 250 Å². The summed E-state index contributed by atoms with van der Waals surface area (Å²) in [5, 5.41) is 29.5. The van der Waals surface area contributed by atoms with Crippen molar-refractivity contribution in [1.82, 2.24) is 0 Å². The first-order valence-corrected chi connectivity index (χ1v) is 9.77. The minimum absolute atomic E-state index is 0. The van der Waals surface area contributed by atoms with Gasteiger partial charge in [-0.2, -0.15) is 0 Å². The first-order valence-electron chi connectivity index (χ1n) is 9.77. The van der Waals surface area contributed by atoms with Crippen molar-refractivity contribution in [2.45, 2.75) is 64.2 Å². The van der Waals surface area contributed by atoms with Crippen molar-refractivity contribution in [2.75, 3.05) is 13.1 Å². The van der Waals surface area contributed by atoms with E-state index in [-0.39, 0.29) is 42.1 Å². The van der Waals surface area contributed by atoms with Gasteiger partial charge in [0, 0.05) is 42.1 Å². The molecule has 2 saturated carbocycles. The zero-order chi connectivity index (χ0) is 30.8. The number of rotatable bonds is 4. The van der Waals surface area contributed by atoms with Gasteiger partial charge in [0.25, 0.3) is 0 Å². The molecule has 2 aliphatic rings. The minimum atomic E-state index is -1.75. The van der Waals surface area contributed by atoms with E-state index in [0.717, 1.165) is 24.9 Å². The second kappa shape index (κ2) is 83.6. The first-order chi connectivity index (χ1) is 17.3. The molecule has 0 aromatic rings. The van der Waals surface area contributed by atoms with Gasteiger partial charge in [-0.15, -0.1) is 0 Å². The van der Waals surface area contributed by atoms with Crippen LogP contribution in [0.3, 0.4) is 0 Å². The van der Waals surface area contributed by atoms with Gasteiger partial charge in [0.05, 0.1) is 23.3 Å². The van der Waals surface area contributed by atoms with Gasteiger partial charge < -0.3 is 42.1 Å². The zero-order valence-corrected chi connectivity index (χ0v) is 24.7. The molecule has 0 aliphatic heterocycles. The van der Waals surface area contributed by atoms with Crippen molar-refractivity contribution in [3.63, 3.8) is 0 Å². The number of nitrogens with zero attached hydrogens (tertiary/aromatic N) is 2. The number of hydrogen-bond acceptors (Lipinski definition) is 6. The Kier molecular flexibility index (Phi) is 144. The third kappa shape index (κ3) is 114. The fourth-order valence-electron chi connectivity index (χ4n) is 3.18. The maximum Gasteiger partial charge on any atom is 0.0742 e.